The smallest absolute Gasteiger partial charge is 0.225 e. The third kappa shape index (κ3) is 2.34. The second-order valence-corrected chi connectivity index (χ2v) is 5.96. The number of hydrogen-bond donors (Lipinski definition) is 2. The topological polar surface area (TPSA) is 85.2 Å². The third-order valence-corrected chi connectivity index (χ3v) is 4.40. The van der Waals surface area contributed by atoms with E-state index in [1.54, 1.807) is 0 Å². The molecule has 5 nitrogen and oxygen atoms in total. The molecule has 3 rings (SSSR count). The van der Waals surface area contributed by atoms with Crippen LogP contribution in [0.5, 0.6) is 0 Å². The molecule has 1 unspecified atom stereocenters. The summed E-state index contributed by atoms with van der Waals surface area (Å²) in [7, 11) is 0. The number of benzene rings is 1. The van der Waals surface area contributed by atoms with E-state index >= 15 is 0 Å². The predicted octanol–water partition coefficient (Wildman–Crippen LogP) is 1.40. The second-order valence-electron chi connectivity index (χ2n) is 5.96. The minimum atomic E-state index is -0.476. The van der Waals surface area contributed by atoms with Crippen LogP contribution in [0.15, 0.2) is 30.3 Å². The van der Waals surface area contributed by atoms with E-state index in [9.17, 15) is 4.79 Å². The Kier molecular flexibility index (Phi) is 3.29. The summed E-state index contributed by atoms with van der Waals surface area (Å²) in [5.41, 5.74) is 12.9. The zero-order valence-corrected chi connectivity index (χ0v) is 12.2. The van der Waals surface area contributed by atoms with E-state index < -0.39 is 5.41 Å². The predicted molar refractivity (Wildman–Crippen MR) is 83.8 cm³/mol. The molecule has 2 aromatic rings. The number of fused-ring (bicyclic) bond motifs is 1. The Morgan fingerprint density at radius 2 is 2.19 bits per heavy atom. The highest BCUT2D eigenvalue weighted by Gasteiger charge is 2.39. The van der Waals surface area contributed by atoms with E-state index in [0.717, 1.165) is 35.2 Å². The molecule has 0 spiro atoms. The van der Waals surface area contributed by atoms with Crippen molar-refractivity contribution in [3.8, 4) is 0 Å². The maximum absolute atomic E-state index is 11.6. The average Bonchev–Trinajstić information content (AvgIpc) is 2.90. The van der Waals surface area contributed by atoms with Crippen LogP contribution in [0.1, 0.15) is 18.9 Å². The van der Waals surface area contributed by atoms with Gasteiger partial charge in [-0.3, -0.25) is 4.79 Å². The maximum atomic E-state index is 11.6. The number of primary amides is 1. The number of nitrogens with zero attached hydrogens (tertiary/aromatic N) is 2. The standard InChI is InChI=1S/C16H20N4O/c1-16(15(18)21)6-7-20(10-16)14-8-11(9-17)12-4-2-3-5-13(12)19-14/h2-5,8H,6-7,9-10,17H2,1H3,(H2,18,21). The van der Waals surface area contributed by atoms with E-state index in [-0.39, 0.29) is 5.91 Å². The molecule has 4 N–H and O–H groups in total. The van der Waals surface area contributed by atoms with Gasteiger partial charge in [0, 0.05) is 25.0 Å². The van der Waals surface area contributed by atoms with Crippen LogP contribution in [0.25, 0.3) is 10.9 Å². The number of aromatic nitrogens is 1. The molecule has 1 aliphatic heterocycles. The number of para-hydroxylation sites is 1. The van der Waals surface area contributed by atoms with Gasteiger partial charge in [-0.15, -0.1) is 0 Å². The van der Waals surface area contributed by atoms with Crippen LogP contribution in [0.3, 0.4) is 0 Å². The number of pyridine rings is 1. The first-order valence-corrected chi connectivity index (χ1v) is 7.17. The van der Waals surface area contributed by atoms with Gasteiger partial charge in [0.15, 0.2) is 0 Å². The number of anilines is 1. The van der Waals surface area contributed by atoms with Crippen LogP contribution in [-0.4, -0.2) is 24.0 Å². The first-order valence-electron chi connectivity index (χ1n) is 7.17. The molecule has 21 heavy (non-hydrogen) atoms. The van der Waals surface area contributed by atoms with Gasteiger partial charge in [-0.05, 0) is 31.0 Å². The molecular formula is C16H20N4O. The molecule has 1 aromatic carbocycles. The number of nitrogens with two attached hydrogens (primary N) is 2. The summed E-state index contributed by atoms with van der Waals surface area (Å²) >= 11 is 0. The van der Waals surface area contributed by atoms with Crippen LogP contribution >= 0.6 is 0 Å². The van der Waals surface area contributed by atoms with Crippen LogP contribution in [-0.2, 0) is 11.3 Å². The van der Waals surface area contributed by atoms with Crippen molar-refractivity contribution in [1.82, 2.24) is 4.98 Å². The summed E-state index contributed by atoms with van der Waals surface area (Å²) in [6, 6.07) is 10.0. The Hall–Kier alpha value is -2.14. The van der Waals surface area contributed by atoms with Gasteiger partial charge in [-0.2, -0.15) is 0 Å². The molecule has 0 bridgehead atoms. The Morgan fingerprint density at radius 3 is 2.86 bits per heavy atom. The van der Waals surface area contributed by atoms with Crippen molar-refractivity contribution in [2.24, 2.45) is 16.9 Å². The minimum absolute atomic E-state index is 0.246. The molecule has 5 heteroatoms. The molecular weight excluding hydrogens is 264 g/mol. The van der Waals surface area contributed by atoms with Crippen LogP contribution in [0.2, 0.25) is 0 Å². The molecule has 2 heterocycles. The van der Waals surface area contributed by atoms with Crippen molar-refractivity contribution in [3.05, 3.63) is 35.9 Å². The highest BCUT2D eigenvalue weighted by Crippen LogP contribution is 2.33. The van der Waals surface area contributed by atoms with E-state index in [2.05, 4.69) is 4.90 Å². The van der Waals surface area contributed by atoms with E-state index in [1.807, 2.05) is 37.3 Å². The lowest BCUT2D eigenvalue weighted by atomic mass is 9.89. The zero-order valence-electron chi connectivity index (χ0n) is 12.2. The van der Waals surface area contributed by atoms with Gasteiger partial charge in [0.25, 0.3) is 0 Å². The Labute approximate surface area is 123 Å². The number of carbonyl (C=O) groups is 1. The number of hydrogen-bond acceptors (Lipinski definition) is 4. The lowest BCUT2D eigenvalue weighted by molar-refractivity contribution is -0.125. The van der Waals surface area contributed by atoms with Crippen LogP contribution in [0.4, 0.5) is 5.82 Å². The molecule has 1 fully saturated rings. The van der Waals surface area contributed by atoms with Gasteiger partial charge in [-0.25, -0.2) is 4.98 Å². The Balaban J connectivity index is 2.00. The van der Waals surface area contributed by atoms with Gasteiger partial charge < -0.3 is 16.4 Å². The van der Waals surface area contributed by atoms with Gasteiger partial charge in [0.05, 0.1) is 10.9 Å². The van der Waals surface area contributed by atoms with Crippen LogP contribution < -0.4 is 16.4 Å². The largest absolute Gasteiger partial charge is 0.369 e. The second kappa shape index (κ2) is 5.00. The summed E-state index contributed by atoms with van der Waals surface area (Å²) < 4.78 is 0. The molecule has 1 aliphatic rings. The first-order chi connectivity index (χ1) is 10.0. The van der Waals surface area contributed by atoms with Crippen molar-refractivity contribution in [2.45, 2.75) is 19.9 Å². The van der Waals surface area contributed by atoms with E-state index in [0.29, 0.717) is 13.1 Å². The Bertz CT molecular complexity index is 700. The number of rotatable bonds is 3. The van der Waals surface area contributed by atoms with Gasteiger partial charge in [0.2, 0.25) is 5.91 Å². The summed E-state index contributed by atoms with van der Waals surface area (Å²) in [6.07, 6.45) is 0.759. The van der Waals surface area contributed by atoms with Crippen molar-refractivity contribution < 1.29 is 4.79 Å². The van der Waals surface area contributed by atoms with Crippen LogP contribution in [0, 0.1) is 5.41 Å². The van der Waals surface area contributed by atoms with Crippen molar-refractivity contribution in [3.63, 3.8) is 0 Å². The molecule has 0 aliphatic carbocycles. The number of carbonyl (C=O) groups excluding carboxylic acids is 1. The monoisotopic (exact) mass is 284 g/mol. The summed E-state index contributed by atoms with van der Waals surface area (Å²) in [5.74, 6) is 0.629. The molecule has 1 atom stereocenters. The lowest BCUT2D eigenvalue weighted by Gasteiger charge is -2.22. The van der Waals surface area contributed by atoms with Gasteiger partial charge in [-0.1, -0.05) is 18.2 Å². The van der Waals surface area contributed by atoms with Crippen molar-refractivity contribution in [1.29, 1.82) is 0 Å². The quantitative estimate of drug-likeness (QED) is 0.892. The molecule has 1 amide bonds. The fourth-order valence-electron chi connectivity index (χ4n) is 2.92. The SMILES string of the molecule is CC1(C(N)=O)CCN(c2cc(CN)c3ccccc3n2)C1. The van der Waals surface area contributed by atoms with Crippen molar-refractivity contribution in [2.75, 3.05) is 18.0 Å². The summed E-state index contributed by atoms with van der Waals surface area (Å²) in [5, 5.41) is 1.08. The maximum Gasteiger partial charge on any atom is 0.225 e. The fourth-order valence-corrected chi connectivity index (χ4v) is 2.92. The molecule has 1 saturated heterocycles. The van der Waals surface area contributed by atoms with Gasteiger partial charge in [0.1, 0.15) is 5.82 Å². The molecule has 0 saturated carbocycles. The fraction of sp³-hybridized carbons (Fsp3) is 0.375. The number of amides is 1. The molecule has 1 aromatic heterocycles. The van der Waals surface area contributed by atoms with Crippen molar-refractivity contribution >= 4 is 22.6 Å². The normalized spacial score (nSPS) is 21.9. The highest BCUT2D eigenvalue weighted by atomic mass is 16.1. The minimum Gasteiger partial charge on any atom is -0.369 e. The lowest BCUT2D eigenvalue weighted by Crippen LogP contribution is -2.37. The summed E-state index contributed by atoms with van der Waals surface area (Å²) in [4.78, 5) is 18.4. The third-order valence-electron chi connectivity index (χ3n) is 4.40. The van der Waals surface area contributed by atoms with E-state index in [1.165, 1.54) is 0 Å². The summed E-state index contributed by atoms with van der Waals surface area (Å²) in [6.45, 7) is 3.78. The first kappa shape index (κ1) is 13.8. The van der Waals surface area contributed by atoms with Gasteiger partial charge >= 0.3 is 0 Å². The molecule has 110 valence electrons. The van der Waals surface area contributed by atoms with E-state index in [4.69, 9.17) is 16.5 Å². The highest BCUT2D eigenvalue weighted by molar-refractivity contribution is 5.85. The zero-order chi connectivity index (χ0) is 15.0. The molecule has 0 radical (unpaired) electrons. The average molecular weight is 284 g/mol. The Morgan fingerprint density at radius 1 is 1.43 bits per heavy atom.